The van der Waals surface area contributed by atoms with Crippen molar-refractivity contribution in [1.29, 1.82) is 0 Å². The van der Waals surface area contributed by atoms with Gasteiger partial charge in [0.2, 0.25) is 5.82 Å². The number of nitrogens with one attached hydrogen (secondary N) is 1. The van der Waals surface area contributed by atoms with Crippen molar-refractivity contribution >= 4 is 39.1 Å². The number of fused-ring (bicyclic) bond motifs is 3. The molecule has 6 rings (SSSR count). The number of hydrogen-bond donors (Lipinski definition) is 2. The number of pyridine rings is 2. The summed E-state index contributed by atoms with van der Waals surface area (Å²) in [5.41, 5.74) is 4.04. The second-order valence-corrected chi connectivity index (χ2v) is 11.3. The fraction of sp³-hybridized carbons (Fsp3) is 0.414. The lowest BCUT2D eigenvalue weighted by Crippen LogP contribution is -2.38. The fourth-order valence-corrected chi connectivity index (χ4v) is 6.24. The van der Waals surface area contributed by atoms with E-state index in [2.05, 4.69) is 38.3 Å². The standard InChI is InChI=1S/C29H34ClN9O2/c1-17-12-20(18(2)33-23-7-8-24(30)34-26(23)27-31-16-36(3)35-27)25-21(13-17)29(41)37(4)28-22(25)14-32-39(28)19-6-5-9-38(15-19)10-11-40/h7-8,12-14,16,18-19,33,40H,5-6,9-11,15H2,1-4H3. The lowest BCUT2D eigenvalue weighted by Gasteiger charge is -2.32. The summed E-state index contributed by atoms with van der Waals surface area (Å²) in [5, 5.41) is 25.2. The third-order valence-electron chi connectivity index (χ3n) is 7.96. The first kappa shape index (κ1) is 27.4. The maximum atomic E-state index is 13.8. The Morgan fingerprint density at radius 2 is 2.05 bits per heavy atom. The largest absolute Gasteiger partial charge is 0.395 e. The van der Waals surface area contributed by atoms with Crippen LogP contribution in [-0.2, 0) is 14.1 Å². The normalized spacial score (nSPS) is 17.0. The van der Waals surface area contributed by atoms with Crippen molar-refractivity contribution < 1.29 is 5.11 Å². The summed E-state index contributed by atoms with van der Waals surface area (Å²) in [7, 11) is 3.63. The smallest absolute Gasteiger partial charge is 0.259 e. The predicted molar refractivity (Wildman–Crippen MR) is 160 cm³/mol. The fourth-order valence-electron chi connectivity index (χ4n) is 6.09. The Morgan fingerprint density at radius 3 is 2.80 bits per heavy atom. The van der Waals surface area contributed by atoms with Crippen LogP contribution in [0.5, 0.6) is 0 Å². The molecule has 4 aromatic heterocycles. The minimum Gasteiger partial charge on any atom is -0.395 e. The Bertz CT molecular complexity index is 1810. The number of piperidine rings is 1. The number of β-amino-alcohol motifs (C(OH)–C–C–N with tert-alkyl or cyclic N) is 1. The molecule has 2 N–H and O–H groups in total. The number of likely N-dealkylation sites (tertiary alicyclic amines) is 1. The molecule has 1 fully saturated rings. The molecule has 2 unspecified atom stereocenters. The van der Waals surface area contributed by atoms with Crippen LogP contribution in [0.15, 0.2) is 41.6 Å². The molecule has 1 aliphatic rings. The van der Waals surface area contributed by atoms with Gasteiger partial charge in [-0.05, 0) is 62.6 Å². The molecule has 41 heavy (non-hydrogen) atoms. The number of aromatic nitrogens is 7. The average Bonchev–Trinajstić information content (AvgIpc) is 3.59. The van der Waals surface area contributed by atoms with E-state index >= 15 is 0 Å². The van der Waals surface area contributed by atoms with Gasteiger partial charge in [-0.3, -0.25) is 18.9 Å². The molecule has 5 aromatic rings. The van der Waals surface area contributed by atoms with Crippen LogP contribution in [0.4, 0.5) is 5.69 Å². The first-order chi connectivity index (χ1) is 19.7. The van der Waals surface area contributed by atoms with E-state index in [4.69, 9.17) is 16.7 Å². The summed E-state index contributed by atoms with van der Waals surface area (Å²) in [6.45, 7) is 6.59. The molecule has 0 bridgehead atoms. The molecular weight excluding hydrogens is 542 g/mol. The van der Waals surface area contributed by atoms with Crippen LogP contribution < -0.4 is 10.9 Å². The summed E-state index contributed by atoms with van der Waals surface area (Å²) < 4.78 is 5.36. The van der Waals surface area contributed by atoms with Gasteiger partial charge in [-0.1, -0.05) is 17.7 Å². The number of aliphatic hydroxyl groups is 1. The summed E-state index contributed by atoms with van der Waals surface area (Å²) in [4.78, 5) is 25.0. The van der Waals surface area contributed by atoms with Crippen LogP contribution in [0.25, 0.3) is 33.3 Å². The molecule has 11 nitrogen and oxygen atoms in total. The van der Waals surface area contributed by atoms with Gasteiger partial charge in [-0.15, -0.1) is 5.10 Å². The molecule has 5 heterocycles. The van der Waals surface area contributed by atoms with E-state index in [1.54, 1.807) is 28.7 Å². The van der Waals surface area contributed by atoms with Gasteiger partial charge in [0.1, 0.15) is 22.8 Å². The van der Waals surface area contributed by atoms with E-state index in [1.165, 1.54) is 0 Å². The van der Waals surface area contributed by atoms with Crippen molar-refractivity contribution in [3.63, 3.8) is 0 Å². The molecule has 1 aliphatic heterocycles. The number of nitrogens with zero attached hydrogens (tertiary/aromatic N) is 8. The molecule has 2 atom stereocenters. The van der Waals surface area contributed by atoms with Gasteiger partial charge in [-0.25, -0.2) is 14.6 Å². The Kier molecular flexibility index (Phi) is 7.27. The second-order valence-electron chi connectivity index (χ2n) is 10.9. The summed E-state index contributed by atoms with van der Waals surface area (Å²) in [5.74, 6) is 0.471. The van der Waals surface area contributed by atoms with Gasteiger partial charge >= 0.3 is 0 Å². The number of halogens is 1. The maximum Gasteiger partial charge on any atom is 0.259 e. The van der Waals surface area contributed by atoms with Crippen molar-refractivity contribution in [2.75, 3.05) is 31.6 Å². The van der Waals surface area contributed by atoms with Gasteiger partial charge in [0.25, 0.3) is 5.56 Å². The van der Waals surface area contributed by atoms with Crippen LogP contribution in [0.1, 0.15) is 43.0 Å². The number of aliphatic hydroxyl groups excluding tert-OH is 1. The highest BCUT2D eigenvalue weighted by atomic mass is 35.5. The van der Waals surface area contributed by atoms with Gasteiger partial charge in [0.05, 0.1) is 24.5 Å². The molecule has 0 saturated carbocycles. The number of anilines is 1. The van der Waals surface area contributed by atoms with Gasteiger partial charge in [0.15, 0.2) is 0 Å². The Morgan fingerprint density at radius 1 is 1.22 bits per heavy atom. The Labute approximate surface area is 242 Å². The van der Waals surface area contributed by atoms with Crippen LogP contribution in [0, 0.1) is 6.92 Å². The molecule has 0 aliphatic carbocycles. The van der Waals surface area contributed by atoms with E-state index in [9.17, 15) is 9.90 Å². The number of rotatable bonds is 7. The van der Waals surface area contributed by atoms with E-state index < -0.39 is 0 Å². The van der Waals surface area contributed by atoms with E-state index in [-0.39, 0.29) is 24.2 Å². The SMILES string of the molecule is Cc1cc(C(C)Nc2ccc(Cl)nc2-c2ncn(C)n2)c2c(c1)c(=O)n(C)c1c2cnn1C1CCCN(CCO)C1. The average molecular weight is 576 g/mol. The molecule has 12 heteroatoms. The van der Waals surface area contributed by atoms with Gasteiger partial charge < -0.3 is 10.4 Å². The molecule has 1 aromatic carbocycles. The number of benzene rings is 1. The van der Waals surface area contributed by atoms with E-state index in [1.807, 2.05) is 37.0 Å². The van der Waals surface area contributed by atoms with Gasteiger partial charge in [0, 0.05) is 49.4 Å². The Hall–Kier alpha value is -3.80. The molecular formula is C29H34ClN9O2. The van der Waals surface area contributed by atoms with Gasteiger partial charge in [-0.2, -0.15) is 5.10 Å². The monoisotopic (exact) mass is 575 g/mol. The molecule has 214 valence electrons. The maximum absolute atomic E-state index is 13.8. The van der Waals surface area contributed by atoms with E-state index in [0.29, 0.717) is 28.6 Å². The molecule has 0 amide bonds. The van der Waals surface area contributed by atoms with E-state index in [0.717, 1.165) is 59.2 Å². The van der Waals surface area contributed by atoms with Crippen molar-refractivity contribution in [3.05, 3.63) is 63.4 Å². The molecule has 0 spiro atoms. The second kappa shape index (κ2) is 10.9. The third-order valence-corrected chi connectivity index (χ3v) is 8.17. The Balaban J connectivity index is 1.47. The van der Waals surface area contributed by atoms with Crippen LogP contribution in [0.3, 0.4) is 0 Å². The lowest BCUT2D eigenvalue weighted by molar-refractivity contribution is 0.139. The van der Waals surface area contributed by atoms with Crippen LogP contribution in [0.2, 0.25) is 5.15 Å². The highest BCUT2D eigenvalue weighted by Crippen LogP contribution is 2.35. The van der Waals surface area contributed by atoms with Crippen molar-refractivity contribution in [3.8, 4) is 11.5 Å². The first-order valence-corrected chi connectivity index (χ1v) is 14.3. The predicted octanol–water partition coefficient (Wildman–Crippen LogP) is 3.84. The van der Waals surface area contributed by atoms with Crippen LogP contribution in [-0.4, -0.2) is 70.3 Å². The topological polar surface area (TPSA) is 119 Å². The van der Waals surface area contributed by atoms with Crippen molar-refractivity contribution in [2.24, 2.45) is 14.1 Å². The first-order valence-electron chi connectivity index (χ1n) is 13.9. The minimum atomic E-state index is -0.198. The highest BCUT2D eigenvalue weighted by molar-refractivity contribution is 6.29. The number of hydrogen-bond acceptors (Lipinski definition) is 8. The zero-order valence-corrected chi connectivity index (χ0v) is 24.4. The highest BCUT2D eigenvalue weighted by Gasteiger charge is 2.26. The lowest BCUT2D eigenvalue weighted by atomic mass is 9.95. The zero-order valence-electron chi connectivity index (χ0n) is 23.7. The molecule has 0 radical (unpaired) electrons. The third kappa shape index (κ3) is 4.98. The zero-order chi connectivity index (χ0) is 28.8. The number of aryl methyl sites for hydroxylation is 3. The summed E-state index contributed by atoms with van der Waals surface area (Å²) in [6, 6.07) is 7.62. The summed E-state index contributed by atoms with van der Waals surface area (Å²) >= 11 is 6.25. The van der Waals surface area contributed by atoms with Crippen molar-refractivity contribution in [2.45, 2.75) is 38.8 Å². The quantitative estimate of drug-likeness (QED) is 0.281. The van der Waals surface area contributed by atoms with Crippen molar-refractivity contribution in [1.82, 2.24) is 39.0 Å². The van der Waals surface area contributed by atoms with Crippen LogP contribution >= 0.6 is 11.6 Å². The summed E-state index contributed by atoms with van der Waals surface area (Å²) in [6.07, 6.45) is 5.50. The molecule has 1 saturated heterocycles. The minimum absolute atomic E-state index is 0.0547.